The zero-order valence-corrected chi connectivity index (χ0v) is 18.6. The highest BCUT2D eigenvalue weighted by atomic mass is 32.2. The van der Waals surface area contributed by atoms with E-state index in [-0.39, 0.29) is 6.04 Å². The Morgan fingerprint density at radius 1 is 1.06 bits per heavy atom. The first-order valence-corrected chi connectivity index (χ1v) is 12.5. The van der Waals surface area contributed by atoms with Crippen LogP contribution in [0.3, 0.4) is 0 Å². The summed E-state index contributed by atoms with van der Waals surface area (Å²) in [6.45, 7) is 1.89. The first-order valence-electron chi connectivity index (χ1n) is 10.6. The van der Waals surface area contributed by atoms with Crippen LogP contribution in [0.15, 0.2) is 60.0 Å². The van der Waals surface area contributed by atoms with Crippen LogP contribution in [-0.2, 0) is 9.84 Å². The Labute approximate surface area is 183 Å². The molecule has 0 bridgehead atoms. The minimum atomic E-state index is -3.19. The molecule has 31 heavy (non-hydrogen) atoms. The topological polar surface area (TPSA) is 81.2 Å². The molecule has 1 heterocycles. The Bertz CT molecular complexity index is 1190. The molecule has 0 radical (unpaired) electrons. The largest absolute Gasteiger partial charge is 0.438 e. The van der Waals surface area contributed by atoms with Crippen LogP contribution < -0.4 is 10.1 Å². The molecular weight excluding hydrogens is 410 g/mol. The molecule has 2 aromatic carbocycles. The summed E-state index contributed by atoms with van der Waals surface area (Å²) in [5.74, 6) is 2.41. The Morgan fingerprint density at radius 3 is 2.52 bits per heavy atom. The van der Waals surface area contributed by atoms with Gasteiger partial charge in [0.15, 0.2) is 9.84 Å². The predicted octanol–water partition coefficient (Wildman–Crippen LogP) is 5.44. The molecular formula is C24H27N3O3S. The lowest BCUT2D eigenvalue weighted by Gasteiger charge is -2.18. The van der Waals surface area contributed by atoms with Gasteiger partial charge < -0.3 is 10.1 Å². The maximum Gasteiger partial charge on any atom is 0.232 e. The van der Waals surface area contributed by atoms with Crippen molar-refractivity contribution in [2.45, 2.75) is 44.6 Å². The molecule has 1 aliphatic carbocycles. The summed E-state index contributed by atoms with van der Waals surface area (Å²) >= 11 is 0. The standard InChI is InChI=1S/C24H27N3O3S/c1-17(15-16-31(2,28)29)25-20-13-8-14-21-22(20)24(30-19-11-4-3-5-12-19)27-23(26-21)18-9-6-7-10-18/h3-5,8,11-18,25H,6-7,9-10H2,1-2H3/b16-15+/t17-/m1/s1. The highest BCUT2D eigenvalue weighted by Gasteiger charge is 2.23. The number of hydrogen-bond donors (Lipinski definition) is 1. The van der Waals surface area contributed by atoms with E-state index in [1.54, 1.807) is 6.08 Å². The third-order valence-electron chi connectivity index (χ3n) is 5.38. The zero-order valence-electron chi connectivity index (χ0n) is 17.8. The van der Waals surface area contributed by atoms with Crippen LogP contribution in [0.2, 0.25) is 0 Å². The molecule has 1 atom stereocenters. The molecule has 1 aliphatic rings. The van der Waals surface area contributed by atoms with Gasteiger partial charge in [0.1, 0.15) is 11.6 Å². The number of sulfone groups is 1. The average molecular weight is 438 g/mol. The van der Waals surface area contributed by atoms with Gasteiger partial charge in [0.25, 0.3) is 0 Å². The fraction of sp³-hybridized carbons (Fsp3) is 0.333. The van der Waals surface area contributed by atoms with Crippen LogP contribution in [0.1, 0.15) is 44.3 Å². The minimum Gasteiger partial charge on any atom is -0.438 e. The van der Waals surface area contributed by atoms with Crippen molar-refractivity contribution in [3.8, 4) is 11.6 Å². The number of anilines is 1. The third-order valence-corrected chi connectivity index (χ3v) is 6.03. The highest BCUT2D eigenvalue weighted by Crippen LogP contribution is 2.38. The number of ether oxygens (including phenoxy) is 1. The fourth-order valence-corrected chi connectivity index (χ4v) is 4.40. The summed E-state index contributed by atoms with van der Waals surface area (Å²) in [6, 6.07) is 15.2. The molecule has 1 saturated carbocycles. The van der Waals surface area contributed by atoms with E-state index in [1.165, 1.54) is 24.5 Å². The van der Waals surface area contributed by atoms with Gasteiger partial charge in [0, 0.05) is 29.3 Å². The molecule has 0 unspecified atom stereocenters. The van der Waals surface area contributed by atoms with Crippen molar-refractivity contribution in [3.05, 3.63) is 65.8 Å². The molecule has 7 heteroatoms. The van der Waals surface area contributed by atoms with E-state index in [0.29, 0.717) is 17.5 Å². The second-order valence-corrected chi connectivity index (χ2v) is 10.0. The van der Waals surface area contributed by atoms with E-state index in [9.17, 15) is 8.42 Å². The van der Waals surface area contributed by atoms with Gasteiger partial charge in [-0.1, -0.05) is 43.2 Å². The molecule has 3 aromatic rings. The van der Waals surface area contributed by atoms with Crippen molar-refractivity contribution in [2.24, 2.45) is 0 Å². The Morgan fingerprint density at radius 2 is 1.81 bits per heavy atom. The lowest BCUT2D eigenvalue weighted by Crippen LogP contribution is -2.13. The molecule has 0 spiro atoms. The summed E-state index contributed by atoms with van der Waals surface area (Å²) in [7, 11) is -3.19. The van der Waals surface area contributed by atoms with E-state index in [1.807, 2.05) is 55.5 Å². The van der Waals surface area contributed by atoms with Gasteiger partial charge in [-0.05, 0) is 44.0 Å². The maximum atomic E-state index is 11.5. The van der Waals surface area contributed by atoms with Crippen LogP contribution in [0.5, 0.6) is 11.6 Å². The van der Waals surface area contributed by atoms with Crippen LogP contribution in [-0.4, -0.2) is 30.7 Å². The van der Waals surface area contributed by atoms with Crippen LogP contribution in [0, 0.1) is 0 Å². The van der Waals surface area contributed by atoms with Crippen molar-refractivity contribution in [3.63, 3.8) is 0 Å². The SMILES string of the molecule is C[C@H](/C=C/S(C)(=O)=O)Nc1cccc2nc(C3CCCC3)nc(Oc3ccccc3)c12. The summed E-state index contributed by atoms with van der Waals surface area (Å²) in [5, 5.41) is 5.36. The summed E-state index contributed by atoms with van der Waals surface area (Å²) < 4.78 is 29.2. The normalized spacial score (nSPS) is 16.1. The van der Waals surface area contributed by atoms with Crippen LogP contribution in [0.4, 0.5) is 5.69 Å². The lowest BCUT2D eigenvalue weighted by molar-refractivity contribution is 0.462. The smallest absolute Gasteiger partial charge is 0.232 e. The number of aromatic nitrogens is 2. The van der Waals surface area contributed by atoms with Crippen molar-refractivity contribution >= 4 is 26.4 Å². The van der Waals surface area contributed by atoms with E-state index >= 15 is 0 Å². The number of para-hydroxylation sites is 1. The lowest BCUT2D eigenvalue weighted by atomic mass is 10.1. The van der Waals surface area contributed by atoms with Gasteiger partial charge in [-0.2, -0.15) is 4.98 Å². The predicted molar refractivity (Wildman–Crippen MR) is 124 cm³/mol. The van der Waals surface area contributed by atoms with Crippen molar-refractivity contribution in [2.75, 3.05) is 11.6 Å². The second kappa shape index (κ2) is 9.06. The van der Waals surface area contributed by atoms with Gasteiger partial charge in [-0.3, -0.25) is 0 Å². The number of fused-ring (bicyclic) bond motifs is 1. The number of nitrogens with zero attached hydrogens (tertiary/aromatic N) is 2. The molecule has 0 aliphatic heterocycles. The summed E-state index contributed by atoms with van der Waals surface area (Å²) in [6.07, 6.45) is 7.40. The van der Waals surface area contributed by atoms with Crippen LogP contribution >= 0.6 is 0 Å². The first-order chi connectivity index (χ1) is 14.9. The average Bonchev–Trinajstić information content (AvgIpc) is 3.27. The first kappa shape index (κ1) is 21.3. The molecule has 1 fully saturated rings. The van der Waals surface area contributed by atoms with Crippen molar-refractivity contribution in [1.29, 1.82) is 0 Å². The van der Waals surface area contributed by atoms with E-state index in [2.05, 4.69) is 5.32 Å². The monoisotopic (exact) mass is 437 g/mol. The molecule has 0 amide bonds. The molecule has 1 N–H and O–H groups in total. The minimum absolute atomic E-state index is 0.209. The van der Waals surface area contributed by atoms with Gasteiger partial charge in [0.05, 0.1) is 10.9 Å². The highest BCUT2D eigenvalue weighted by molar-refractivity contribution is 7.93. The van der Waals surface area contributed by atoms with Gasteiger partial charge >= 0.3 is 0 Å². The Kier molecular flexibility index (Phi) is 6.23. The molecule has 6 nitrogen and oxygen atoms in total. The van der Waals surface area contributed by atoms with Gasteiger partial charge in [0.2, 0.25) is 5.88 Å². The van der Waals surface area contributed by atoms with Crippen LogP contribution in [0.25, 0.3) is 10.9 Å². The van der Waals surface area contributed by atoms with Crippen molar-refractivity contribution < 1.29 is 13.2 Å². The Balaban J connectivity index is 1.77. The maximum absolute atomic E-state index is 11.5. The molecule has 1 aromatic heterocycles. The second-order valence-electron chi connectivity index (χ2n) is 8.07. The number of hydrogen-bond acceptors (Lipinski definition) is 6. The summed E-state index contributed by atoms with van der Waals surface area (Å²) in [4.78, 5) is 9.71. The number of rotatable bonds is 7. The quantitative estimate of drug-likeness (QED) is 0.530. The third kappa shape index (κ3) is 5.41. The van der Waals surface area contributed by atoms with Gasteiger partial charge in [-0.15, -0.1) is 0 Å². The molecule has 162 valence electrons. The molecule has 0 saturated heterocycles. The summed E-state index contributed by atoms with van der Waals surface area (Å²) in [5.41, 5.74) is 1.61. The van der Waals surface area contributed by atoms with E-state index < -0.39 is 9.84 Å². The van der Waals surface area contributed by atoms with Gasteiger partial charge in [-0.25, -0.2) is 13.4 Å². The number of nitrogens with one attached hydrogen (secondary N) is 1. The number of benzene rings is 2. The van der Waals surface area contributed by atoms with E-state index in [4.69, 9.17) is 14.7 Å². The van der Waals surface area contributed by atoms with E-state index in [0.717, 1.165) is 35.3 Å². The fourth-order valence-electron chi connectivity index (χ4n) is 3.88. The Hall–Kier alpha value is -2.93. The van der Waals surface area contributed by atoms with Crippen molar-refractivity contribution in [1.82, 2.24) is 9.97 Å². The molecule has 4 rings (SSSR count). The zero-order chi connectivity index (χ0) is 21.8.